The van der Waals surface area contributed by atoms with Gasteiger partial charge in [0.05, 0.1) is 18.6 Å². The highest BCUT2D eigenvalue weighted by Gasteiger charge is 2.31. The molecule has 0 aliphatic carbocycles. The van der Waals surface area contributed by atoms with Crippen molar-refractivity contribution in [1.29, 1.82) is 0 Å². The molecule has 3 rings (SSSR count). The number of likely N-dealkylation sites (tertiary alicyclic amines) is 1. The van der Waals surface area contributed by atoms with Crippen LogP contribution in [0.2, 0.25) is 0 Å². The van der Waals surface area contributed by atoms with Crippen LogP contribution in [0.1, 0.15) is 22.5 Å². The van der Waals surface area contributed by atoms with Gasteiger partial charge in [0, 0.05) is 24.8 Å². The molecule has 2 heterocycles. The summed E-state index contributed by atoms with van der Waals surface area (Å²) in [6.45, 7) is 0.295. The molecule has 8 heteroatoms. The molecule has 1 aromatic heterocycles. The van der Waals surface area contributed by atoms with Crippen LogP contribution in [-0.4, -0.2) is 52.0 Å². The molecule has 1 fully saturated rings. The largest absolute Gasteiger partial charge is 0.389 e. The zero-order valence-electron chi connectivity index (χ0n) is 14.4. The molecule has 0 spiro atoms. The molecule has 2 aromatic rings. The highest BCUT2D eigenvalue weighted by molar-refractivity contribution is 5.92. The summed E-state index contributed by atoms with van der Waals surface area (Å²) in [6, 6.07) is 8.11. The Bertz CT molecular complexity index is 832. The van der Waals surface area contributed by atoms with Gasteiger partial charge in [0.2, 0.25) is 5.91 Å². The van der Waals surface area contributed by atoms with Gasteiger partial charge in [-0.25, -0.2) is 8.78 Å². The Morgan fingerprint density at radius 2 is 2.04 bits per heavy atom. The fourth-order valence-corrected chi connectivity index (χ4v) is 3.03. The maximum Gasteiger partial charge on any atom is 0.270 e. The molecule has 1 aliphatic heterocycles. The van der Waals surface area contributed by atoms with Gasteiger partial charge in [-0.15, -0.1) is 0 Å². The predicted octanol–water partition coefficient (Wildman–Crippen LogP) is 1.29. The molecule has 0 saturated carbocycles. The van der Waals surface area contributed by atoms with Crippen molar-refractivity contribution in [1.82, 2.24) is 15.2 Å². The normalized spacial score (nSPS) is 19.6. The van der Waals surface area contributed by atoms with Gasteiger partial charge in [-0.05, 0) is 24.6 Å². The summed E-state index contributed by atoms with van der Waals surface area (Å²) in [5.74, 6) is -2.85. The van der Waals surface area contributed by atoms with Crippen LogP contribution < -0.4 is 5.32 Å². The molecule has 2 amide bonds. The minimum absolute atomic E-state index is 0.00291. The highest BCUT2D eigenvalue weighted by atomic mass is 19.2. The summed E-state index contributed by atoms with van der Waals surface area (Å²) in [5.41, 5.74) is 0.213. The van der Waals surface area contributed by atoms with Crippen LogP contribution in [0, 0.1) is 11.6 Å². The van der Waals surface area contributed by atoms with Crippen molar-refractivity contribution in [2.24, 2.45) is 0 Å². The Balaban J connectivity index is 1.57. The van der Waals surface area contributed by atoms with Crippen molar-refractivity contribution in [3.05, 3.63) is 65.5 Å². The van der Waals surface area contributed by atoms with E-state index in [1.54, 1.807) is 18.2 Å². The second-order valence-corrected chi connectivity index (χ2v) is 6.38. The first-order valence-electron chi connectivity index (χ1n) is 8.56. The number of rotatable bonds is 4. The third kappa shape index (κ3) is 4.46. The van der Waals surface area contributed by atoms with Gasteiger partial charge in [0.15, 0.2) is 11.6 Å². The molecule has 6 nitrogen and oxygen atoms in total. The lowest BCUT2D eigenvalue weighted by Crippen LogP contribution is -2.55. The van der Waals surface area contributed by atoms with Crippen molar-refractivity contribution in [2.45, 2.75) is 25.0 Å². The van der Waals surface area contributed by atoms with Gasteiger partial charge in [0.1, 0.15) is 5.69 Å². The summed E-state index contributed by atoms with van der Waals surface area (Å²) in [5, 5.41) is 13.0. The van der Waals surface area contributed by atoms with E-state index in [0.29, 0.717) is 13.0 Å². The third-order valence-electron chi connectivity index (χ3n) is 4.52. The van der Waals surface area contributed by atoms with E-state index >= 15 is 0 Å². The lowest BCUT2D eigenvalue weighted by Gasteiger charge is -2.36. The third-order valence-corrected chi connectivity index (χ3v) is 4.52. The molecule has 2 N–H and O–H groups in total. The van der Waals surface area contributed by atoms with Crippen molar-refractivity contribution in [3.63, 3.8) is 0 Å². The fourth-order valence-electron chi connectivity index (χ4n) is 3.03. The number of halogens is 2. The first-order chi connectivity index (χ1) is 13.0. The van der Waals surface area contributed by atoms with Gasteiger partial charge in [-0.1, -0.05) is 18.2 Å². The number of nitrogens with one attached hydrogen (secondary N) is 1. The molecule has 0 radical (unpaired) electrons. The number of carbonyl (C=O) groups is 2. The summed E-state index contributed by atoms with van der Waals surface area (Å²) >= 11 is 0. The van der Waals surface area contributed by atoms with Crippen LogP contribution in [0.5, 0.6) is 0 Å². The second-order valence-electron chi connectivity index (χ2n) is 6.38. The molecule has 0 unspecified atom stereocenters. The zero-order valence-corrected chi connectivity index (χ0v) is 14.4. The molecule has 1 saturated heterocycles. The molecular formula is C19H19F2N3O3. The number of carbonyl (C=O) groups excluding carboxylic acids is 2. The monoisotopic (exact) mass is 375 g/mol. The van der Waals surface area contributed by atoms with Gasteiger partial charge >= 0.3 is 0 Å². The summed E-state index contributed by atoms with van der Waals surface area (Å²) in [6.07, 6.45) is 0.587. The SMILES string of the molecule is O=C(N[C@@H]1CCN(C(=O)Cc2cccc(F)c2F)C[C@H]1O)c1ccccn1. The number of aliphatic hydroxyl groups is 1. The van der Waals surface area contributed by atoms with E-state index in [2.05, 4.69) is 10.3 Å². The number of piperidine rings is 1. The highest BCUT2D eigenvalue weighted by Crippen LogP contribution is 2.16. The first kappa shape index (κ1) is 18.9. The number of amides is 2. The Morgan fingerprint density at radius 1 is 1.22 bits per heavy atom. The lowest BCUT2D eigenvalue weighted by atomic mass is 10.0. The Kier molecular flexibility index (Phi) is 5.75. The minimum atomic E-state index is -1.04. The van der Waals surface area contributed by atoms with Crippen LogP contribution in [0.4, 0.5) is 8.78 Å². The van der Waals surface area contributed by atoms with E-state index in [9.17, 15) is 23.5 Å². The van der Waals surface area contributed by atoms with E-state index in [4.69, 9.17) is 0 Å². The van der Waals surface area contributed by atoms with Crippen LogP contribution in [-0.2, 0) is 11.2 Å². The minimum Gasteiger partial charge on any atom is -0.389 e. The smallest absolute Gasteiger partial charge is 0.270 e. The number of β-amino-alcohol motifs (C(OH)–C–C–N with tert-alkyl or cyclic N) is 1. The number of aliphatic hydroxyl groups excluding tert-OH is 1. The topological polar surface area (TPSA) is 82.5 Å². The van der Waals surface area contributed by atoms with Crippen molar-refractivity contribution in [3.8, 4) is 0 Å². The number of hydrogen-bond donors (Lipinski definition) is 2. The Labute approximate surface area is 154 Å². The maximum atomic E-state index is 13.7. The molecule has 27 heavy (non-hydrogen) atoms. The number of aromatic nitrogens is 1. The van der Waals surface area contributed by atoms with E-state index < -0.39 is 35.6 Å². The number of pyridine rings is 1. The van der Waals surface area contributed by atoms with Crippen molar-refractivity contribution >= 4 is 11.8 Å². The summed E-state index contributed by atoms with van der Waals surface area (Å²) < 4.78 is 27.0. The predicted molar refractivity (Wildman–Crippen MR) is 92.8 cm³/mol. The van der Waals surface area contributed by atoms with Gasteiger partial charge < -0.3 is 15.3 Å². The second kappa shape index (κ2) is 8.22. The standard InChI is InChI=1S/C19H19F2N3O3/c20-13-5-3-4-12(18(13)21)10-17(26)24-9-7-14(16(25)11-24)23-19(27)15-6-1-2-8-22-15/h1-6,8,14,16,25H,7,9-11H2,(H,23,27)/t14-,16-/m1/s1. The molecule has 0 bridgehead atoms. The average molecular weight is 375 g/mol. The molecule has 142 valence electrons. The Morgan fingerprint density at radius 3 is 2.74 bits per heavy atom. The van der Waals surface area contributed by atoms with E-state index in [-0.39, 0.29) is 24.2 Å². The van der Waals surface area contributed by atoms with Crippen molar-refractivity contribution in [2.75, 3.05) is 13.1 Å². The van der Waals surface area contributed by atoms with Gasteiger partial charge in [0.25, 0.3) is 5.91 Å². The Hall–Kier alpha value is -2.87. The molecule has 1 aliphatic rings. The number of benzene rings is 1. The van der Waals surface area contributed by atoms with Gasteiger partial charge in [-0.3, -0.25) is 14.6 Å². The van der Waals surface area contributed by atoms with Crippen molar-refractivity contribution < 1.29 is 23.5 Å². The summed E-state index contributed by atoms with van der Waals surface area (Å²) in [7, 11) is 0. The molecule has 2 atom stereocenters. The average Bonchev–Trinajstić information content (AvgIpc) is 2.67. The summed E-state index contributed by atoms with van der Waals surface area (Å²) in [4.78, 5) is 29.8. The fraction of sp³-hybridized carbons (Fsp3) is 0.316. The zero-order chi connectivity index (χ0) is 19.4. The van der Waals surface area contributed by atoms with Crippen LogP contribution in [0.3, 0.4) is 0 Å². The maximum absolute atomic E-state index is 13.7. The van der Waals surface area contributed by atoms with E-state index in [1.165, 1.54) is 23.2 Å². The van der Waals surface area contributed by atoms with Gasteiger partial charge in [-0.2, -0.15) is 0 Å². The quantitative estimate of drug-likeness (QED) is 0.844. The first-order valence-corrected chi connectivity index (χ1v) is 8.56. The van der Waals surface area contributed by atoms with E-state index in [1.807, 2.05) is 0 Å². The van der Waals surface area contributed by atoms with Crippen LogP contribution >= 0.6 is 0 Å². The lowest BCUT2D eigenvalue weighted by molar-refractivity contribution is -0.134. The van der Waals surface area contributed by atoms with Crippen LogP contribution in [0.15, 0.2) is 42.6 Å². The number of hydrogen-bond acceptors (Lipinski definition) is 4. The number of nitrogens with zero attached hydrogens (tertiary/aromatic N) is 2. The van der Waals surface area contributed by atoms with E-state index in [0.717, 1.165) is 6.07 Å². The molecule has 1 aromatic carbocycles. The molecular weight excluding hydrogens is 356 g/mol. The van der Waals surface area contributed by atoms with Crippen LogP contribution in [0.25, 0.3) is 0 Å².